The van der Waals surface area contributed by atoms with Gasteiger partial charge in [0.05, 0.1) is 18.2 Å². The lowest BCUT2D eigenvalue weighted by atomic mass is 10.2. The van der Waals surface area contributed by atoms with Gasteiger partial charge in [0, 0.05) is 19.2 Å². The summed E-state index contributed by atoms with van der Waals surface area (Å²) in [6, 6.07) is 1.42. The highest BCUT2D eigenvalue weighted by Crippen LogP contribution is 2.18. The Kier molecular flexibility index (Phi) is 4.74. The number of hydrogen-bond donors (Lipinski definition) is 1. The second kappa shape index (κ2) is 6.31. The van der Waals surface area contributed by atoms with Crippen molar-refractivity contribution in [3.05, 3.63) is 27.9 Å². The van der Waals surface area contributed by atoms with E-state index in [2.05, 4.69) is 21.8 Å². The molecule has 1 aromatic heterocycles. The van der Waals surface area contributed by atoms with Gasteiger partial charge in [-0.3, -0.25) is 9.69 Å². The highest BCUT2D eigenvalue weighted by Gasteiger charge is 2.23. The Morgan fingerprint density at radius 1 is 1.67 bits per heavy atom. The van der Waals surface area contributed by atoms with Crippen molar-refractivity contribution >= 4 is 11.6 Å². The lowest BCUT2D eigenvalue weighted by Crippen LogP contribution is -2.39. The normalized spacial score (nSPS) is 21.1. The maximum absolute atomic E-state index is 11.5. The molecule has 1 N–H and O–H groups in total. The molecule has 1 aliphatic heterocycles. The summed E-state index contributed by atoms with van der Waals surface area (Å²) in [5.74, 6) is 0.821. The monoisotopic (exact) mass is 271 g/mol. The molecular formula is C12H18ClN3O2. The first-order chi connectivity index (χ1) is 8.72. The van der Waals surface area contributed by atoms with Gasteiger partial charge in [0.15, 0.2) is 0 Å². The first-order valence-electron chi connectivity index (χ1n) is 6.23. The fraction of sp³-hybridized carbons (Fsp3) is 0.667. The van der Waals surface area contributed by atoms with E-state index in [4.69, 9.17) is 16.3 Å². The minimum absolute atomic E-state index is 0.166. The number of H-pyrrole nitrogens is 1. The molecule has 1 fully saturated rings. The Balaban J connectivity index is 2.15. The minimum atomic E-state index is -0.174. The SMILES string of the molecule is CCCN1CCOC(c2nc(CCl)cc(=O)[nH]2)C1. The van der Waals surface area contributed by atoms with E-state index in [0.717, 1.165) is 26.1 Å². The van der Waals surface area contributed by atoms with E-state index in [1.165, 1.54) is 6.07 Å². The number of hydrogen-bond acceptors (Lipinski definition) is 4. The maximum atomic E-state index is 11.5. The van der Waals surface area contributed by atoms with E-state index in [0.29, 0.717) is 18.1 Å². The number of nitrogens with one attached hydrogen (secondary N) is 1. The lowest BCUT2D eigenvalue weighted by Gasteiger charge is -2.32. The molecule has 0 aromatic carbocycles. The van der Waals surface area contributed by atoms with E-state index in [9.17, 15) is 4.79 Å². The standard InChI is InChI=1S/C12H18ClN3O2/c1-2-3-16-4-5-18-10(8-16)12-14-9(7-13)6-11(17)15-12/h6,10H,2-5,7-8H2,1H3,(H,14,15,17). The van der Waals surface area contributed by atoms with E-state index in [1.54, 1.807) is 0 Å². The van der Waals surface area contributed by atoms with Gasteiger partial charge in [0.25, 0.3) is 5.56 Å². The minimum Gasteiger partial charge on any atom is -0.368 e. The smallest absolute Gasteiger partial charge is 0.251 e. The van der Waals surface area contributed by atoms with Crippen molar-refractivity contribution in [1.29, 1.82) is 0 Å². The first-order valence-corrected chi connectivity index (χ1v) is 6.76. The highest BCUT2D eigenvalue weighted by atomic mass is 35.5. The van der Waals surface area contributed by atoms with Gasteiger partial charge in [-0.25, -0.2) is 4.98 Å². The molecule has 6 heteroatoms. The predicted molar refractivity (Wildman–Crippen MR) is 69.8 cm³/mol. The van der Waals surface area contributed by atoms with Gasteiger partial charge < -0.3 is 9.72 Å². The Labute approximate surface area is 111 Å². The lowest BCUT2D eigenvalue weighted by molar-refractivity contribution is -0.0344. The fourth-order valence-electron chi connectivity index (χ4n) is 2.14. The van der Waals surface area contributed by atoms with Gasteiger partial charge in [0.2, 0.25) is 0 Å². The van der Waals surface area contributed by atoms with Gasteiger partial charge in [-0.15, -0.1) is 11.6 Å². The van der Waals surface area contributed by atoms with Crippen LogP contribution in [0.1, 0.15) is 31.0 Å². The molecule has 2 rings (SSSR count). The first kappa shape index (κ1) is 13.5. The Hall–Kier alpha value is -0.910. The molecule has 100 valence electrons. The molecule has 0 radical (unpaired) electrons. The number of aromatic amines is 1. The molecule has 1 saturated heterocycles. The average Bonchev–Trinajstić information content (AvgIpc) is 2.39. The van der Waals surface area contributed by atoms with Crippen molar-refractivity contribution in [3.8, 4) is 0 Å². The molecule has 18 heavy (non-hydrogen) atoms. The second-order valence-corrected chi connectivity index (χ2v) is 4.68. The summed E-state index contributed by atoms with van der Waals surface area (Å²) in [6.07, 6.45) is 0.944. The predicted octanol–water partition coefficient (Wildman–Crippen LogP) is 1.29. The number of alkyl halides is 1. The molecule has 2 heterocycles. The van der Waals surface area contributed by atoms with Crippen LogP contribution in [0.15, 0.2) is 10.9 Å². The third kappa shape index (κ3) is 3.31. The third-order valence-electron chi connectivity index (χ3n) is 2.95. The zero-order chi connectivity index (χ0) is 13.0. The van der Waals surface area contributed by atoms with Gasteiger partial charge in [-0.1, -0.05) is 6.92 Å². The fourth-order valence-corrected chi connectivity index (χ4v) is 2.27. The number of morpholine rings is 1. The van der Waals surface area contributed by atoms with Crippen molar-refractivity contribution in [2.45, 2.75) is 25.3 Å². The molecule has 1 aromatic rings. The summed E-state index contributed by atoms with van der Waals surface area (Å²) in [7, 11) is 0. The van der Waals surface area contributed by atoms with Crippen LogP contribution in [0.25, 0.3) is 0 Å². The summed E-state index contributed by atoms with van der Waals surface area (Å²) in [5.41, 5.74) is 0.415. The van der Waals surface area contributed by atoms with Crippen molar-refractivity contribution < 1.29 is 4.74 Å². The number of halogens is 1. The summed E-state index contributed by atoms with van der Waals surface area (Å²) < 4.78 is 5.68. The topological polar surface area (TPSA) is 58.2 Å². The van der Waals surface area contributed by atoms with E-state index in [1.807, 2.05) is 0 Å². The van der Waals surface area contributed by atoms with Crippen molar-refractivity contribution in [3.63, 3.8) is 0 Å². The van der Waals surface area contributed by atoms with Crippen molar-refractivity contribution in [2.75, 3.05) is 26.2 Å². The summed E-state index contributed by atoms with van der Waals surface area (Å²) >= 11 is 5.72. The zero-order valence-electron chi connectivity index (χ0n) is 10.5. The second-order valence-electron chi connectivity index (χ2n) is 4.42. The molecule has 0 saturated carbocycles. The number of ether oxygens (including phenoxy) is 1. The third-order valence-corrected chi connectivity index (χ3v) is 3.22. The van der Waals surface area contributed by atoms with E-state index in [-0.39, 0.29) is 17.5 Å². The molecule has 1 aliphatic rings. The van der Waals surface area contributed by atoms with E-state index < -0.39 is 0 Å². The molecular weight excluding hydrogens is 254 g/mol. The molecule has 1 unspecified atom stereocenters. The van der Waals surface area contributed by atoms with Gasteiger partial charge in [-0.2, -0.15) is 0 Å². The Morgan fingerprint density at radius 3 is 3.22 bits per heavy atom. The van der Waals surface area contributed by atoms with Crippen LogP contribution < -0.4 is 5.56 Å². The summed E-state index contributed by atoms with van der Waals surface area (Å²) in [5, 5.41) is 0. The number of rotatable bonds is 4. The summed E-state index contributed by atoms with van der Waals surface area (Å²) in [4.78, 5) is 20.9. The molecule has 0 amide bonds. The van der Waals surface area contributed by atoms with Crippen LogP contribution in [0.5, 0.6) is 0 Å². The Morgan fingerprint density at radius 2 is 2.50 bits per heavy atom. The van der Waals surface area contributed by atoms with Crippen molar-refractivity contribution in [1.82, 2.24) is 14.9 Å². The van der Waals surface area contributed by atoms with Crippen LogP contribution in [0.3, 0.4) is 0 Å². The maximum Gasteiger partial charge on any atom is 0.251 e. The van der Waals surface area contributed by atoms with Crippen LogP contribution >= 0.6 is 11.6 Å². The molecule has 0 spiro atoms. The van der Waals surface area contributed by atoms with Crippen LogP contribution in [0.2, 0.25) is 0 Å². The quantitative estimate of drug-likeness (QED) is 0.839. The molecule has 1 atom stereocenters. The molecule has 0 bridgehead atoms. The zero-order valence-corrected chi connectivity index (χ0v) is 11.2. The molecule has 5 nitrogen and oxygen atoms in total. The summed E-state index contributed by atoms with van der Waals surface area (Å²) in [6.45, 7) is 5.56. The number of nitrogens with zero attached hydrogens (tertiary/aromatic N) is 2. The largest absolute Gasteiger partial charge is 0.368 e. The average molecular weight is 272 g/mol. The van der Waals surface area contributed by atoms with Gasteiger partial charge >= 0.3 is 0 Å². The van der Waals surface area contributed by atoms with Crippen LogP contribution in [0.4, 0.5) is 0 Å². The van der Waals surface area contributed by atoms with Gasteiger partial charge in [0.1, 0.15) is 11.9 Å². The van der Waals surface area contributed by atoms with Crippen LogP contribution in [-0.4, -0.2) is 41.1 Å². The van der Waals surface area contributed by atoms with Gasteiger partial charge in [-0.05, 0) is 13.0 Å². The van der Waals surface area contributed by atoms with Crippen LogP contribution in [-0.2, 0) is 10.6 Å². The Bertz CT molecular complexity index is 447. The highest BCUT2D eigenvalue weighted by molar-refractivity contribution is 6.16. The van der Waals surface area contributed by atoms with Crippen molar-refractivity contribution in [2.24, 2.45) is 0 Å². The molecule has 0 aliphatic carbocycles. The van der Waals surface area contributed by atoms with E-state index >= 15 is 0 Å². The number of aromatic nitrogens is 2. The van der Waals surface area contributed by atoms with Crippen LogP contribution in [0, 0.1) is 0 Å².